The van der Waals surface area contributed by atoms with Gasteiger partial charge in [-0.2, -0.15) is 0 Å². The molecular weight excluding hydrogens is 909 g/mol. The molecule has 10 atom stereocenters. The average Bonchev–Trinajstić information content (AvgIpc) is 3.91. The first kappa shape index (κ1) is 55.4. The van der Waals surface area contributed by atoms with Crippen LogP contribution in [0, 0.1) is 0 Å². The van der Waals surface area contributed by atoms with E-state index >= 15 is 0 Å². The summed E-state index contributed by atoms with van der Waals surface area (Å²) in [4.78, 5) is 0. The summed E-state index contributed by atoms with van der Waals surface area (Å²) >= 11 is 0. The average molecular weight is 989 g/mol. The van der Waals surface area contributed by atoms with Crippen molar-refractivity contribution in [3.63, 3.8) is 0 Å². The lowest BCUT2D eigenvalue weighted by molar-refractivity contribution is -0.755. The zero-order valence-electron chi connectivity index (χ0n) is 41.1. The molecule has 0 saturated carbocycles. The van der Waals surface area contributed by atoms with E-state index in [0.717, 1.165) is 111 Å². The minimum absolute atomic E-state index is 0.0815. The molecule has 0 bridgehead atoms. The van der Waals surface area contributed by atoms with E-state index in [1.807, 2.05) is 60.1 Å². The topological polar surface area (TPSA) is 261 Å². The molecule has 2 fully saturated rings. The summed E-state index contributed by atoms with van der Waals surface area (Å²) in [6.07, 6.45) is 8.67. The second-order valence-corrected chi connectivity index (χ2v) is 18.8. The van der Waals surface area contributed by atoms with Crippen molar-refractivity contribution < 1.29 is 78.6 Å². The molecule has 2 saturated heterocycles. The first-order chi connectivity index (χ1) is 34.0. The van der Waals surface area contributed by atoms with Crippen LogP contribution >= 0.6 is 0 Å². The van der Waals surface area contributed by atoms with Crippen molar-refractivity contribution in [1.29, 1.82) is 0 Å². The van der Waals surface area contributed by atoms with Gasteiger partial charge in [0.1, 0.15) is 101 Å². The number of benzene rings is 2. The number of aryl methyl sites for hydroxylation is 4. The van der Waals surface area contributed by atoms with Gasteiger partial charge in [0.25, 0.3) is 0 Å². The summed E-state index contributed by atoms with van der Waals surface area (Å²) in [5.74, 6) is 1.79. The SMILES string of the molecule is Cn1n[n+](CCCCCCCCCCOc2cccc3c(OCCCCCCCCCC[n+]4cc(CO[C@@H]5O[C@H](CO)[C@H](O)[C@H](O)[C@H]5O)n(C)n4)cccc23)cc1CO[C@@H]1O[C@H](CO)[C@H](O)[C@H](O)[C@H]1O. The van der Waals surface area contributed by atoms with Crippen LogP contribution < -0.4 is 18.8 Å². The highest BCUT2D eigenvalue weighted by Gasteiger charge is 2.45. The molecule has 2 aliphatic heterocycles. The molecule has 2 aromatic heterocycles. The number of aromatic nitrogens is 6. The fourth-order valence-corrected chi connectivity index (χ4v) is 8.99. The van der Waals surface area contributed by atoms with Crippen molar-refractivity contribution in [2.24, 2.45) is 14.1 Å². The Balaban J connectivity index is 0.753. The summed E-state index contributed by atoms with van der Waals surface area (Å²) < 4.78 is 41.9. The number of ether oxygens (including phenoxy) is 6. The Hall–Kier alpha value is -3.90. The van der Waals surface area contributed by atoms with Gasteiger partial charge in [0, 0.05) is 10.8 Å². The molecule has 2 aromatic carbocycles. The smallest absolute Gasteiger partial charge is 0.193 e. The van der Waals surface area contributed by atoms with Crippen molar-refractivity contribution in [2.75, 3.05) is 26.4 Å². The van der Waals surface area contributed by atoms with Crippen molar-refractivity contribution in [3.05, 3.63) is 60.2 Å². The van der Waals surface area contributed by atoms with Crippen LogP contribution in [0.25, 0.3) is 10.8 Å². The van der Waals surface area contributed by atoms with Crippen molar-refractivity contribution >= 4 is 10.8 Å². The maximum absolute atomic E-state index is 10.2. The maximum atomic E-state index is 10.2. The molecule has 0 amide bonds. The number of aliphatic hydroxyl groups is 8. The zero-order valence-corrected chi connectivity index (χ0v) is 41.1. The molecule has 0 unspecified atom stereocenters. The number of nitrogens with zero attached hydrogens (tertiary/aromatic N) is 6. The number of unbranched alkanes of at least 4 members (excludes halogenated alkanes) is 14. The maximum Gasteiger partial charge on any atom is 0.193 e. The van der Waals surface area contributed by atoms with Crippen molar-refractivity contribution in [2.45, 2.75) is 190 Å². The predicted molar refractivity (Wildman–Crippen MR) is 253 cm³/mol. The Kier molecular flexibility index (Phi) is 22.9. The van der Waals surface area contributed by atoms with E-state index in [4.69, 9.17) is 28.4 Å². The number of rotatable bonds is 32. The number of aliphatic hydroxyl groups excluding tert-OH is 8. The fourth-order valence-electron chi connectivity index (χ4n) is 8.99. The van der Waals surface area contributed by atoms with Crippen LogP contribution in [0.4, 0.5) is 0 Å². The van der Waals surface area contributed by atoms with Gasteiger partial charge in [-0.1, -0.05) is 88.5 Å². The molecule has 6 rings (SSSR count). The third-order valence-corrected chi connectivity index (χ3v) is 13.3. The molecule has 20 nitrogen and oxygen atoms in total. The van der Waals surface area contributed by atoms with Crippen molar-refractivity contribution in [3.8, 4) is 11.5 Å². The number of hydrogen-bond donors (Lipinski definition) is 8. The van der Waals surface area contributed by atoms with Gasteiger partial charge in [-0.25, -0.2) is 0 Å². The molecule has 392 valence electrons. The van der Waals surface area contributed by atoms with E-state index in [9.17, 15) is 40.9 Å². The largest absolute Gasteiger partial charge is 0.493 e. The van der Waals surface area contributed by atoms with Crippen LogP contribution in [0.5, 0.6) is 11.5 Å². The van der Waals surface area contributed by atoms with E-state index in [1.54, 1.807) is 9.36 Å². The van der Waals surface area contributed by atoms with Crippen LogP contribution in [0.3, 0.4) is 0 Å². The summed E-state index contributed by atoms with van der Waals surface area (Å²) in [7, 11) is 3.62. The minimum Gasteiger partial charge on any atom is -0.493 e. The molecule has 0 aliphatic carbocycles. The molecule has 20 heteroatoms. The van der Waals surface area contributed by atoms with Crippen LogP contribution in [0.2, 0.25) is 0 Å². The Bertz CT molecular complexity index is 1960. The second kappa shape index (κ2) is 29.0. The van der Waals surface area contributed by atoms with Crippen LogP contribution in [0.1, 0.15) is 114 Å². The highest BCUT2D eigenvalue weighted by atomic mass is 16.7. The lowest BCUT2D eigenvalue weighted by Gasteiger charge is -2.39. The zero-order chi connectivity index (χ0) is 49.8. The first-order valence-electron chi connectivity index (χ1n) is 25.5. The van der Waals surface area contributed by atoms with Gasteiger partial charge >= 0.3 is 0 Å². The Morgan fingerprint density at radius 3 is 1.21 bits per heavy atom. The molecule has 2 aliphatic rings. The minimum atomic E-state index is -1.48. The van der Waals surface area contributed by atoms with Gasteiger partial charge in [-0.05, 0) is 50.7 Å². The Morgan fingerprint density at radius 1 is 0.486 bits per heavy atom. The fraction of sp³-hybridized carbons (Fsp3) is 0.720. The van der Waals surface area contributed by atoms with E-state index < -0.39 is 74.6 Å². The van der Waals surface area contributed by atoms with E-state index in [-0.39, 0.29) is 13.2 Å². The van der Waals surface area contributed by atoms with Gasteiger partial charge in [0.2, 0.25) is 0 Å². The second-order valence-electron chi connectivity index (χ2n) is 18.8. The quantitative estimate of drug-likeness (QED) is 0.0257. The normalized spacial score (nSPS) is 24.9. The van der Waals surface area contributed by atoms with E-state index in [0.29, 0.717) is 13.2 Å². The van der Waals surface area contributed by atoms with Crippen LogP contribution in [-0.2, 0) is 59.3 Å². The summed E-state index contributed by atoms with van der Waals surface area (Å²) in [6.45, 7) is 2.07. The highest BCUT2D eigenvalue weighted by molar-refractivity contribution is 5.93. The van der Waals surface area contributed by atoms with E-state index in [1.165, 1.54) is 38.5 Å². The summed E-state index contributed by atoms with van der Waals surface area (Å²) in [5, 5.41) is 90.4. The number of hydrogen-bond acceptors (Lipinski definition) is 16. The third kappa shape index (κ3) is 16.1. The lowest BCUT2D eigenvalue weighted by atomic mass is 9.99. The summed E-state index contributed by atoms with van der Waals surface area (Å²) in [6, 6.07) is 12.4. The van der Waals surface area contributed by atoms with Gasteiger partial charge in [0.15, 0.2) is 36.4 Å². The molecular formula is C50H80N6O14+2. The molecule has 0 radical (unpaired) electrons. The number of fused-ring (bicyclic) bond motifs is 1. The first-order valence-corrected chi connectivity index (χ1v) is 25.5. The van der Waals surface area contributed by atoms with Crippen LogP contribution in [0.15, 0.2) is 48.8 Å². The Labute approximate surface area is 410 Å². The summed E-state index contributed by atoms with van der Waals surface area (Å²) in [5.41, 5.74) is 1.52. The van der Waals surface area contributed by atoms with Gasteiger partial charge in [-0.3, -0.25) is 0 Å². The standard InChI is InChI=1S/C50H80N6O14/c1-53-35(33-67-49-47(63)45(61)43(59)41(31-57)69-49)29-55(51-53)25-15-11-7-3-5-9-13-17-27-65-39-23-19-22-38-37(39)21-20-24-40(38)66-28-18-14-10-6-4-8-12-16-26-56-30-36(54(2)52-56)34-68-50-48(64)46(62)44(60)42(32-58)70-50/h19-24,29-30,41-50,57-64H,3-18,25-28,31-34H2,1-2H3/q+2/t41-,42-,43+,44+,45+,46+,47-,48-,49-,50-/m1/s1. The molecule has 8 N–H and O–H groups in total. The third-order valence-electron chi connectivity index (χ3n) is 13.3. The van der Waals surface area contributed by atoms with Gasteiger partial charge in [-0.15, -0.1) is 18.7 Å². The predicted octanol–water partition coefficient (Wildman–Crippen LogP) is 1.91. The monoisotopic (exact) mass is 989 g/mol. The van der Waals surface area contributed by atoms with Crippen LogP contribution in [-0.4, -0.2) is 148 Å². The van der Waals surface area contributed by atoms with Gasteiger partial charge in [0.05, 0.1) is 36.9 Å². The molecule has 70 heavy (non-hydrogen) atoms. The van der Waals surface area contributed by atoms with Gasteiger partial charge < -0.3 is 69.3 Å². The van der Waals surface area contributed by atoms with Crippen molar-refractivity contribution in [1.82, 2.24) is 19.8 Å². The van der Waals surface area contributed by atoms with E-state index in [2.05, 4.69) is 22.6 Å². The molecule has 0 spiro atoms. The Morgan fingerprint density at radius 2 is 0.843 bits per heavy atom. The molecule has 4 heterocycles. The molecule has 4 aromatic rings. The highest BCUT2D eigenvalue weighted by Crippen LogP contribution is 2.33. The lowest BCUT2D eigenvalue weighted by Crippen LogP contribution is -2.59.